The van der Waals surface area contributed by atoms with Gasteiger partial charge in [-0.2, -0.15) is 0 Å². The molecule has 1 aliphatic heterocycles. The van der Waals surface area contributed by atoms with Crippen LogP contribution in [0.5, 0.6) is 0 Å². The zero-order valence-electron chi connectivity index (χ0n) is 11.5. The van der Waals surface area contributed by atoms with Gasteiger partial charge >= 0.3 is 0 Å². The maximum absolute atomic E-state index is 11.8. The molecule has 2 heterocycles. The predicted molar refractivity (Wildman–Crippen MR) is 89.6 cm³/mol. The molecule has 1 atom stereocenters. The Bertz CT molecular complexity index is 453. The Balaban J connectivity index is 1.31. The number of thiazole rings is 1. The van der Waals surface area contributed by atoms with E-state index in [1.807, 2.05) is 21.6 Å². The second-order valence-corrected chi connectivity index (χ2v) is 9.12. The van der Waals surface area contributed by atoms with Crippen LogP contribution in [0.15, 0.2) is 5.38 Å². The number of carbonyl (C=O) groups excluding carboxylic acids is 1. The van der Waals surface area contributed by atoms with Crippen molar-refractivity contribution in [2.24, 2.45) is 0 Å². The number of amides is 1. The van der Waals surface area contributed by atoms with Crippen molar-refractivity contribution in [3.05, 3.63) is 11.1 Å². The highest BCUT2D eigenvalue weighted by Gasteiger charge is 2.26. The minimum Gasteiger partial charge on any atom is -0.302 e. The molecule has 1 aromatic rings. The summed E-state index contributed by atoms with van der Waals surface area (Å²) >= 11 is 1.56. The second-order valence-electron chi connectivity index (χ2n) is 5.47. The highest BCUT2D eigenvalue weighted by molar-refractivity contribution is 8.77. The first-order valence-corrected chi connectivity index (χ1v) is 10.6. The monoisotopic (exact) mass is 328 g/mol. The van der Waals surface area contributed by atoms with E-state index in [4.69, 9.17) is 0 Å². The van der Waals surface area contributed by atoms with Crippen LogP contribution in [0.25, 0.3) is 0 Å². The Morgan fingerprint density at radius 2 is 2.25 bits per heavy atom. The van der Waals surface area contributed by atoms with Gasteiger partial charge in [0.15, 0.2) is 5.13 Å². The summed E-state index contributed by atoms with van der Waals surface area (Å²) in [5.41, 5.74) is 1.17. The normalized spacial score (nSPS) is 22.1. The molecular weight excluding hydrogens is 308 g/mol. The molecule has 6 heteroatoms. The van der Waals surface area contributed by atoms with Crippen LogP contribution in [0, 0.1) is 0 Å². The fourth-order valence-electron chi connectivity index (χ4n) is 2.31. The summed E-state index contributed by atoms with van der Waals surface area (Å²) in [5, 5.41) is 6.62. The largest absolute Gasteiger partial charge is 0.302 e. The van der Waals surface area contributed by atoms with Crippen LogP contribution in [0.4, 0.5) is 5.13 Å². The van der Waals surface area contributed by atoms with Gasteiger partial charge in [0, 0.05) is 28.7 Å². The fraction of sp³-hybridized carbons (Fsp3) is 0.714. The first-order chi connectivity index (χ1) is 9.81. The van der Waals surface area contributed by atoms with Gasteiger partial charge in [-0.15, -0.1) is 11.3 Å². The molecule has 1 saturated carbocycles. The molecule has 3 rings (SSSR count). The van der Waals surface area contributed by atoms with E-state index in [0.29, 0.717) is 12.3 Å². The molecule has 1 aromatic heterocycles. The first kappa shape index (κ1) is 14.7. The second kappa shape index (κ2) is 7.18. The lowest BCUT2D eigenvalue weighted by Gasteiger charge is -2.06. The van der Waals surface area contributed by atoms with E-state index in [0.717, 1.165) is 23.2 Å². The zero-order valence-corrected chi connectivity index (χ0v) is 13.9. The van der Waals surface area contributed by atoms with E-state index in [9.17, 15) is 4.79 Å². The number of unbranched alkanes of at least 4 members (excludes halogenated alkanes) is 1. The summed E-state index contributed by atoms with van der Waals surface area (Å²) in [6.07, 6.45) is 7.90. The van der Waals surface area contributed by atoms with Gasteiger partial charge in [-0.3, -0.25) is 4.79 Å². The number of hydrogen-bond acceptors (Lipinski definition) is 5. The third-order valence-electron chi connectivity index (χ3n) is 3.67. The predicted octanol–water partition coefficient (Wildman–Crippen LogP) is 4.67. The van der Waals surface area contributed by atoms with Crippen LogP contribution >= 0.6 is 32.9 Å². The first-order valence-electron chi connectivity index (χ1n) is 7.35. The number of carbonyl (C=O) groups is 1. The zero-order chi connectivity index (χ0) is 13.8. The summed E-state index contributed by atoms with van der Waals surface area (Å²) < 4.78 is 0. The summed E-state index contributed by atoms with van der Waals surface area (Å²) in [4.78, 5) is 16.3. The van der Waals surface area contributed by atoms with Crippen molar-refractivity contribution in [3.8, 4) is 0 Å². The number of nitrogens with zero attached hydrogens (tertiary/aromatic N) is 1. The van der Waals surface area contributed by atoms with Crippen molar-refractivity contribution >= 4 is 44.0 Å². The Labute approximate surface area is 132 Å². The average Bonchev–Trinajstić information content (AvgIpc) is 2.97. The lowest BCUT2D eigenvalue weighted by molar-refractivity contribution is -0.116. The Morgan fingerprint density at radius 1 is 1.35 bits per heavy atom. The van der Waals surface area contributed by atoms with Gasteiger partial charge < -0.3 is 5.32 Å². The van der Waals surface area contributed by atoms with E-state index < -0.39 is 0 Å². The molecule has 20 heavy (non-hydrogen) atoms. The lowest BCUT2D eigenvalue weighted by atomic mass is 10.1. The Kier molecular flexibility index (Phi) is 5.29. The van der Waals surface area contributed by atoms with Crippen molar-refractivity contribution in [2.75, 3.05) is 11.1 Å². The quantitative estimate of drug-likeness (QED) is 0.583. The van der Waals surface area contributed by atoms with Gasteiger partial charge in [0.25, 0.3) is 0 Å². The van der Waals surface area contributed by atoms with E-state index in [1.54, 1.807) is 11.3 Å². The number of nitrogens with one attached hydrogen (secondary N) is 1. The van der Waals surface area contributed by atoms with Crippen LogP contribution < -0.4 is 5.32 Å². The summed E-state index contributed by atoms with van der Waals surface area (Å²) in [6, 6.07) is 0. The van der Waals surface area contributed by atoms with Crippen molar-refractivity contribution in [2.45, 2.75) is 56.1 Å². The third kappa shape index (κ3) is 4.40. The highest BCUT2D eigenvalue weighted by atomic mass is 33.1. The van der Waals surface area contributed by atoms with Crippen molar-refractivity contribution in [1.82, 2.24) is 4.98 Å². The molecule has 2 fully saturated rings. The molecule has 2 aliphatic rings. The summed E-state index contributed by atoms with van der Waals surface area (Å²) in [6.45, 7) is 0. The Hall–Kier alpha value is -0.200. The Morgan fingerprint density at radius 3 is 3.00 bits per heavy atom. The van der Waals surface area contributed by atoms with Crippen molar-refractivity contribution < 1.29 is 4.79 Å². The van der Waals surface area contributed by atoms with Crippen LogP contribution in [0.2, 0.25) is 0 Å². The summed E-state index contributed by atoms with van der Waals surface area (Å²) in [5.74, 6) is 2.08. The number of hydrogen-bond donors (Lipinski definition) is 1. The topological polar surface area (TPSA) is 42.0 Å². The van der Waals surface area contributed by atoms with Crippen LogP contribution in [0.1, 0.15) is 56.6 Å². The molecule has 0 bridgehead atoms. The minimum atomic E-state index is 0.121. The van der Waals surface area contributed by atoms with Crippen molar-refractivity contribution in [1.29, 1.82) is 0 Å². The molecule has 0 radical (unpaired) electrons. The van der Waals surface area contributed by atoms with E-state index in [1.165, 1.54) is 37.1 Å². The number of anilines is 1. The molecule has 3 nitrogen and oxygen atoms in total. The molecule has 110 valence electrons. The van der Waals surface area contributed by atoms with Gasteiger partial charge in [0.05, 0.1) is 5.69 Å². The highest BCUT2D eigenvalue weighted by Crippen LogP contribution is 2.41. The molecule has 1 unspecified atom stereocenters. The average molecular weight is 329 g/mol. The van der Waals surface area contributed by atoms with Crippen molar-refractivity contribution in [3.63, 3.8) is 0 Å². The molecule has 0 spiro atoms. The molecule has 1 saturated heterocycles. The molecular formula is C14H20N2OS3. The van der Waals surface area contributed by atoms with Gasteiger partial charge in [-0.1, -0.05) is 28.0 Å². The van der Waals surface area contributed by atoms with Gasteiger partial charge in [0.2, 0.25) is 5.91 Å². The number of rotatable bonds is 7. The van der Waals surface area contributed by atoms with E-state index in [-0.39, 0.29) is 5.91 Å². The van der Waals surface area contributed by atoms with Gasteiger partial charge in [-0.25, -0.2) is 4.98 Å². The molecule has 1 aliphatic carbocycles. The van der Waals surface area contributed by atoms with E-state index in [2.05, 4.69) is 15.7 Å². The molecule has 1 N–H and O–H groups in total. The van der Waals surface area contributed by atoms with Crippen LogP contribution in [-0.2, 0) is 4.79 Å². The van der Waals surface area contributed by atoms with Gasteiger partial charge in [-0.05, 0) is 32.1 Å². The molecule has 1 amide bonds. The standard InChI is InChI=1S/C14H20N2OS3/c17-13(4-2-1-3-11-7-8-19-20-11)16-14-15-12(9-18-14)10-5-6-10/h9-11H,1-8H2,(H,15,16,17). The number of aromatic nitrogens is 1. The van der Waals surface area contributed by atoms with Crippen LogP contribution in [0.3, 0.4) is 0 Å². The molecule has 0 aromatic carbocycles. The van der Waals surface area contributed by atoms with Crippen LogP contribution in [-0.4, -0.2) is 21.9 Å². The summed E-state index contributed by atoms with van der Waals surface area (Å²) in [7, 11) is 4.01. The SMILES string of the molecule is O=C(CCCCC1CCSS1)Nc1nc(C2CC2)cs1. The lowest BCUT2D eigenvalue weighted by Crippen LogP contribution is -2.11. The smallest absolute Gasteiger partial charge is 0.226 e. The minimum absolute atomic E-state index is 0.121. The van der Waals surface area contributed by atoms with Gasteiger partial charge in [0.1, 0.15) is 0 Å². The fourth-order valence-corrected chi connectivity index (χ4v) is 6.15. The maximum atomic E-state index is 11.8. The third-order valence-corrected chi connectivity index (χ3v) is 7.45. The van der Waals surface area contributed by atoms with E-state index >= 15 is 0 Å². The maximum Gasteiger partial charge on any atom is 0.226 e.